The summed E-state index contributed by atoms with van der Waals surface area (Å²) in [5.41, 5.74) is 6.65. The Labute approximate surface area is 109 Å². The van der Waals surface area contributed by atoms with E-state index in [0.717, 1.165) is 23.1 Å². The van der Waals surface area contributed by atoms with E-state index in [9.17, 15) is 4.39 Å². The lowest BCUT2D eigenvalue weighted by atomic mass is 9.96. The van der Waals surface area contributed by atoms with Crippen molar-refractivity contribution in [3.8, 4) is 11.1 Å². The van der Waals surface area contributed by atoms with E-state index in [1.165, 1.54) is 16.7 Å². The minimum Gasteiger partial charge on any atom is -0.205 e. The fraction of sp³-hybridized carbons (Fsp3) is 0.200. The summed E-state index contributed by atoms with van der Waals surface area (Å²) in [7, 11) is 0. The molecule has 2 aromatic rings. The van der Waals surface area contributed by atoms with Gasteiger partial charge in [-0.25, -0.2) is 4.39 Å². The molecule has 0 fully saturated rings. The lowest BCUT2D eigenvalue weighted by Crippen LogP contribution is -1.96. The molecule has 0 amide bonds. The summed E-state index contributed by atoms with van der Waals surface area (Å²) in [6, 6.07) is 8.32. The smallest absolute Gasteiger partial charge is 0.140 e. The standard InChI is InChI=1S/C15H12BrF/c1-8-9(2)15(17)14(16)12-7-10-5-3-4-6-11(10)13(8)12/h3-6H,7H2,1-2H3. The van der Waals surface area contributed by atoms with Crippen LogP contribution >= 0.6 is 15.9 Å². The van der Waals surface area contributed by atoms with E-state index < -0.39 is 0 Å². The molecule has 0 aromatic heterocycles. The van der Waals surface area contributed by atoms with Crippen LogP contribution in [0.25, 0.3) is 11.1 Å². The van der Waals surface area contributed by atoms with Crippen LogP contribution in [-0.4, -0.2) is 0 Å². The zero-order valence-corrected chi connectivity index (χ0v) is 11.4. The first-order valence-corrected chi connectivity index (χ1v) is 6.46. The van der Waals surface area contributed by atoms with Crippen LogP contribution in [0.5, 0.6) is 0 Å². The van der Waals surface area contributed by atoms with Crippen molar-refractivity contribution in [2.45, 2.75) is 20.3 Å². The second kappa shape index (κ2) is 3.67. The second-order valence-corrected chi connectivity index (χ2v) is 5.36. The molecule has 0 unspecified atom stereocenters. The van der Waals surface area contributed by atoms with Gasteiger partial charge in [0.2, 0.25) is 0 Å². The Morgan fingerprint density at radius 1 is 1.12 bits per heavy atom. The molecule has 0 spiro atoms. The average molecular weight is 291 g/mol. The van der Waals surface area contributed by atoms with Crippen molar-refractivity contribution in [2.75, 3.05) is 0 Å². The van der Waals surface area contributed by atoms with Gasteiger partial charge in [-0.1, -0.05) is 24.3 Å². The summed E-state index contributed by atoms with van der Waals surface area (Å²) in [5.74, 6) is -0.117. The van der Waals surface area contributed by atoms with Crippen LogP contribution in [0.15, 0.2) is 28.7 Å². The maximum atomic E-state index is 14.0. The van der Waals surface area contributed by atoms with Crippen molar-refractivity contribution in [3.05, 3.63) is 56.8 Å². The topological polar surface area (TPSA) is 0 Å². The van der Waals surface area contributed by atoms with E-state index in [0.29, 0.717) is 4.47 Å². The normalized spacial score (nSPS) is 12.5. The van der Waals surface area contributed by atoms with Gasteiger partial charge in [-0.05, 0) is 69.6 Å². The Bertz CT molecular complexity index is 629. The van der Waals surface area contributed by atoms with Crippen molar-refractivity contribution >= 4 is 15.9 Å². The predicted molar refractivity (Wildman–Crippen MR) is 71.8 cm³/mol. The number of hydrogen-bond acceptors (Lipinski definition) is 0. The number of hydrogen-bond donors (Lipinski definition) is 0. The molecule has 17 heavy (non-hydrogen) atoms. The van der Waals surface area contributed by atoms with Crippen LogP contribution < -0.4 is 0 Å². The lowest BCUT2D eigenvalue weighted by molar-refractivity contribution is 0.608. The van der Waals surface area contributed by atoms with E-state index in [1.807, 2.05) is 26.0 Å². The zero-order chi connectivity index (χ0) is 12.2. The molecule has 0 atom stereocenters. The van der Waals surface area contributed by atoms with Gasteiger partial charge in [-0.15, -0.1) is 0 Å². The van der Waals surface area contributed by atoms with Crippen molar-refractivity contribution in [1.82, 2.24) is 0 Å². The molecule has 2 heteroatoms. The van der Waals surface area contributed by atoms with E-state index in [1.54, 1.807) is 0 Å². The van der Waals surface area contributed by atoms with Gasteiger partial charge in [0.1, 0.15) is 5.82 Å². The van der Waals surface area contributed by atoms with Crippen LogP contribution in [-0.2, 0) is 6.42 Å². The minimum absolute atomic E-state index is 0.117. The molecule has 0 N–H and O–H groups in total. The van der Waals surface area contributed by atoms with Crippen molar-refractivity contribution in [2.24, 2.45) is 0 Å². The van der Waals surface area contributed by atoms with Gasteiger partial charge in [-0.3, -0.25) is 0 Å². The first-order valence-electron chi connectivity index (χ1n) is 5.66. The van der Waals surface area contributed by atoms with Gasteiger partial charge in [0.15, 0.2) is 0 Å². The summed E-state index contributed by atoms with van der Waals surface area (Å²) < 4.78 is 14.7. The molecule has 0 saturated carbocycles. The van der Waals surface area contributed by atoms with Gasteiger partial charge >= 0.3 is 0 Å². The Morgan fingerprint density at radius 3 is 2.59 bits per heavy atom. The minimum atomic E-state index is -0.117. The number of fused-ring (bicyclic) bond motifs is 3. The molecule has 0 saturated heterocycles. The van der Waals surface area contributed by atoms with Crippen molar-refractivity contribution < 1.29 is 4.39 Å². The summed E-state index contributed by atoms with van der Waals surface area (Å²) in [6.45, 7) is 3.85. The third kappa shape index (κ3) is 1.40. The maximum Gasteiger partial charge on any atom is 0.140 e. The molecule has 2 aromatic carbocycles. The molecule has 0 aliphatic heterocycles. The highest BCUT2D eigenvalue weighted by Crippen LogP contribution is 2.44. The summed E-state index contributed by atoms with van der Waals surface area (Å²) >= 11 is 3.40. The molecule has 0 nitrogen and oxygen atoms in total. The molecule has 0 heterocycles. The van der Waals surface area contributed by atoms with E-state index >= 15 is 0 Å². The quantitative estimate of drug-likeness (QED) is 0.559. The summed E-state index contributed by atoms with van der Waals surface area (Å²) in [6.07, 6.45) is 0.824. The molecule has 1 aliphatic rings. The van der Waals surface area contributed by atoms with E-state index in [-0.39, 0.29) is 5.82 Å². The molecular formula is C15H12BrF. The Kier molecular flexibility index (Phi) is 2.37. The predicted octanol–water partition coefficient (Wildman–Crippen LogP) is 4.78. The molecule has 3 rings (SSSR count). The first kappa shape index (κ1) is 11.0. The van der Waals surface area contributed by atoms with Crippen molar-refractivity contribution in [3.63, 3.8) is 0 Å². The first-order chi connectivity index (χ1) is 8.11. The fourth-order valence-electron chi connectivity index (χ4n) is 2.62. The lowest BCUT2D eigenvalue weighted by Gasteiger charge is -2.12. The second-order valence-electron chi connectivity index (χ2n) is 4.57. The third-order valence-corrected chi connectivity index (χ3v) is 4.51. The molecule has 0 radical (unpaired) electrons. The van der Waals surface area contributed by atoms with Crippen LogP contribution in [0.2, 0.25) is 0 Å². The SMILES string of the molecule is Cc1c(C)c2c(c(Br)c1F)Cc1ccccc1-2. The average Bonchev–Trinajstić information content (AvgIpc) is 2.73. The Hall–Kier alpha value is -1.15. The van der Waals surface area contributed by atoms with Gasteiger partial charge in [-0.2, -0.15) is 0 Å². The van der Waals surface area contributed by atoms with E-state index in [2.05, 4.69) is 28.1 Å². The van der Waals surface area contributed by atoms with E-state index in [4.69, 9.17) is 0 Å². The van der Waals surface area contributed by atoms with Crippen molar-refractivity contribution in [1.29, 1.82) is 0 Å². The van der Waals surface area contributed by atoms with Gasteiger partial charge in [0, 0.05) is 0 Å². The highest BCUT2D eigenvalue weighted by molar-refractivity contribution is 9.10. The molecular weight excluding hydrogens is 279 g/mol. The van der Waals surface area contributed by atoms with Gasteiger partial charge < -0.3 is 0 Å². The van der Waals surface area contributed by atoms with Crippen LogP contribution in [0.4, 0.5) is 4.39 Å². The van der Waals surface area contributed by atoms with Gasteiger partial charge in [0.05, 0.1) is 4.47 Å². The largest absolute Gasteiger partial charge is 0.205 e. The number of benzene rings is 2. The Morgan fingerprint density at radius 2 is 1.82 bits per heavy atom. The van der Waals surface area contributed by atoms with Crippen LogP contribution in [0, 0.1) is 19.7 Å². The van der Waals surface area contributed by atoms with Crippen LogP contribution in [0.3, 0.4) is 0 Å². The monoisotopic (exact) mass is 290 g/mol. The molecule has 0 bridgehead atoms. The molecule has 86 valence electrons. The third-order valence-electron chi connectivity index (χ3n) is 3.68. The fourth-order valence-corrected chi connectivity index (χ4v) is 3.26. The van der Waals surface area contributed by atoms with Gasteiger partial charge in [0.25, 0.3) is 0 Å². The Balaban J connectivity index is 2.41. The number of halogens is 2. The maximum absolute atomic E-state index is 14.0. The highest BCUT2D eigenvalue weighted by Gasteiger charge is 2.25. The molecule has 1 aliphatic carbocycles. The summed E-state index contributed by atoms with van der Waals surface area (Å²) in [5, 5.41) is 0. The zero-order valence-electron chi connectivity index (χ0n) is 9.77. The number of rotatable bonds is 0. The highest BCUT2D eigenvalue weighted by atomic mass is 79.9. The summed E-state index contributed by atoms with van der Waals surface area (Å²) in [4.78, 5) is 0. The van der Waals surface area contributed by atoms with Crippen LogP contribution in [0.1, 0.15) is 22.3 Å².